The molecule has 5 nitrogen and oxygen atoms in total. The maximum Gasteiger partial charge on any atom is 0.318 e. The molecule has 0 aliphatic rings. The number of rotatable bonds is 16. The molecule has 0 rings (SSSR count). The minimum absolute atomic E-state index is 0.0498. The number of sulfonamides is 1. The average molecular weight is 350 g/mol. The van der Waals surface area contributed by atoms with Crippen molar-refractivity contribution in [2.75, 3.05) is 19.3 Å². The van der Waals surface area contributed by atoms with Crippen LogP contribution in [0.15, 0.2) is 0 Å². The van der Waals surface area contributed by atoms with Gasteiger partial charge in [0.15, 0.2) is 0 Å². The molecule has 0 heterocycles. The summed E-state index contributed by atoms with van der Waals surface area (Å²) >= 11 is 0. The van der Waals surface area contributed by atoms with E-state index in [1.54, 1.807) is 0 Å². The summed E-state index contributed by atoms with van der Waals surface area (Å²) in [4.78, 5) is 10.5. The highest BCUT2D eigenvalue weighted by Crippen LogP contribution is 2.12. The maximum absolute atomic E-state index is 11.8. The molecule has 0 radical (unpaired) electrons. The van der Waals surface area contributed by atoms with Gasteiger partial charge < -0.3 is 5.11 Å². The second-order valence-electron chi connectivity index (χ2n) is 6.35. The summed E-state index contributed by atoms with van der Waals surface area (Å²) in [6.07, 6.45) is 14.3. The molecule has 0 aliphatic heterocycles. The average Bonchev–Trinajstić information content (AvgIpc) is 2.47. The van der Waals surface area contributed by atoms with Crippen LogP contribution in [0.4, 0.5) is 0 Å². The zero-order valence-electron chi connectivity index (χ0n) is 14.9. The molecule has 0 bridgehead atoms. The van der Waals surface area contributed by atoms with Crippen LogP contribution >= 0.6 is 0 Å². The van der Waals surface area contributed by atoms with Crippen molar-refractivity contribution in [2.24, 2.45) is 0 Å². The van der Waals surface area contributed by atoms with Crippen LogP contribution in [0.3, 0.4) is 0 Å². The molecule has 23 heavy (non-hydrogen) atoms. The van der Waals surface area contributed by atoms with Gasteiger partial charge >= 0.3 is 5.97 Å². The van der Waals surface area contributed by atoms with Crippen LogP contribution in [0.5, 0.6) is 0 Å². The van der Waals surface area contributed by atoms with Crippen LogP contribution in [-0.4, -0.2) is 43.1 Å². The largest absolute Gasteiger partial charge is 0.480 e. The lowest BCUT2D eigenvalue weighted by molar-refractivity contribution is -0.137. The highest BCUT2D eigenvalue weighted by atomic mass is 32.2. The minimum Gasteiger partial charge on any atom is -0.480 e. The molecule has 0 saturated carbocycles. The first-order valence-electron chi connectivity index (χ1n) is 9.06. The summed E-state index contributed by atoms with van der Waals surface area (Å²) in [6, 6.07) is 0. The molecule has 0 aromatic rings. The van der Waals surface area contributed by atoms with Crippen molar-refractivity contribution in [3.8, 4) is 0 Å². The van der Waals surface area contributed by atoms with Crippen LogP contribution in [0.1, 0.15) is 84.0 Å². The molecule has 0 atom stereocenters. The smallest absolute Gasteiger partial charge is 0.318 e. The fourth-order valence-electron chi connectivity index (χ4n) is 2.57. The number of nitrogens with zero attached hydrogens (tertiary/aromatic N) is 1. The van der Waals surface area contributed by atoms with Crippen LogP contribution in [0.25, 0.3) is 0 Å². The molecule has 0 aliphatic carbocycles. The maximum atomic E-state index is 11.8. The Kier molecular flexibility index (Phi) is 13.4. The van der Waals surface area contributed by atoms with Gasteiger partial charge in [-0.1, -0.05) is 77.6 Å². The van der Waals surface area contributed by atoms with Crippen LogP contribution in [-0.2, 0) is 14.8 Å². The molecule has 0 fully saturated rings. The van der Waals surface area contributed by atoms with Crippen molar-refractivity contribution in [3.05, 3.63) is 0 Å². The standard InChI is InChI=1S/C17H35NO4S/c1-3-4-5-6-7-8-9-10-11-12-13-14-15-23(21,22)18(2)16-17(19)20/h3-16H2,1-2H3,(H,19,20). The number of carboxylic acids is 1. The summed E-state index contributed by atoms with van der Waals surface area (Å²) in [6.45, 7) is 1.77. The molecule has 0 aromatic heterocycles. The van der Waals surface area contributed by atoms with E-state index in [0.29, 0.717) is 6.42 Å². The van der Waals surface area contributed by atoms with E-state index in [4.69, 9.17) is 5.11 Å². The van der Waals surface area contributed by atoms with E-state index in [2.05, 4.69) is 6.92 Å². The minimum atomic E-state index is -3.42. The first-order valence-corrected chi connectivity index (χ1v) is 10.7. The Morgan fingerprint density at radius 3 is 1.61 bits per heavy atom. The molecule has 0 amide bonds. The SMILES string of the molecule is CCCCCCCCCCCCCCS(=O)(=O)N(C)CC(=O)O. The molecular weight excluding hydrogens is 314 g/mol. The summed E-state index contributed by atoms with van der Waals surface area (Å²) in [5, 5.41) is 8.61. The molecule has 0 unspecified atom stereocenters. The van der Waals surface area contributed by atoms with Crippen molar-refractivity contribution < 1.29 is 18.3 Å². The molecule has 0 spiro atoms. The van der Waals surface area contributed by atoms with E-state index in [9.17, 15) is 13.2 Å². The number of hydrogen-bond acceptors (Lipinski definition) is 3. The van der Waals surface area contributed by atoms with Gasteiger partial charge in [-0.15, -0.1) is 0 Å². The second kappa shape index (κ2) is 13.8. The highest BCUT2D eigenvalue weighted by Gasteiger charge is 2.19. The Labute approximate surface area is 142 Å². The van der Waals surface area contributed by atoms with E-state index in [1.165, 1.54) is 64.8 Å². The summed E-state index contributed by atoms with van der Waals surface area (Å²) < 4.78 is 24.5. The number of hydrogen-bond donors (Lipinski definition) is 1. The van der Waals surface area contributed by atoms with Crippen LogP contribution < -0.4 is 0 Å². The van der Waals surface area contributed by atoms with Gasteiger partial charge in [-0.05, 0) is 6.42 Å². The van der Waals surface area contributed by atoms with Gasteiger partial charge in [-0.2, -0.15) is 4.31 Å². The highest BCUT2D eigenvalue weighted by molar-refractivity contribution is 7.89. The van der Waals surface area contributed by atoms with Crippen molar-refractivity contribution in [1.29, 1.82) is 0 Å². The third-order valence-corrected chi connectivity index (χ3v) is 5.97. The van der Waals surface area contributed by atoms with E-state index < -0.39 is 22.5 Å². The van der Waals surface area contributed by atoms with Crippen molar-refractivity contribution in [1.82, 2.24) is 4.31 Å². The van der Waals surface area contributed by atoms with E-state index >= 15 is 0 Å². The van der Waals surface area contributed by atoms with Crippen molar-refractivity contribution in [2.45, 2.75) is 84.0 Å². The topological polar surface area (TPSA) is 74.7 Å². The lowest BCUT2D eigenvalue weighted by Gasteiger charge is -2.14. The van der Waals surface area contributed by atoms with E-state index in [0.717, 1.165) is 17.1 Å². The van der Waals surface area contributed by atoms with Gasteiger partial charge in [0.1, 0.15) is 6.54 Å². The lowest BCUT2D eigenvalue weighted by Crippen LogP contribution is -2.33. The molecule has 0 aromatic carbocycles. The third kappa shape index (κ3) is 13.5. The fraction of sp³-hybridized carbons (Fsp3) is 0.941. The monoisotopic (exact) mass is 349 g/mol. The number of carbonyl (C=O) groups is 1. The summed E-state index contributed by atoms with van der Waals surface area (Å²) in [5.74, 6) is -1.07. The predicted octanol–water partition coefficient (Wildman–Crippen LogP) is 4.03. The fourth-order valence-corrected chi connectivity index (χ4v) is 3.76. The molecule has 1 N–H and O–H groups in total. The number of carboxylic acid groups (broad SMARTS) is 1. The van der Waals surface area contributed by atoms with Gasteiger partial charge in [-0.25, -0.2) is 8.42 Å². The zero-order valence-corrected chi connectivity index (χ0v) is 15.7. The number of aliphatic carboxylic acids is 1. The van der Waals surface area contributed by atoms with Gasteiger partial charge in [-0.3, -0.25) is 4.79 Å². The van der Waals surface area contributed by atoms with Crippen LogP contribution in [0.2, 0.25) is 0 Å². The van der Waals surface area contributed by atoms with Crippen LogP contribution in [0, 0.1) is 0 Å². The van der Waals surface area contributed by atoms with Gasteiger partial charge in [0.25, 0.3) is 0 Å². The zero-order chi connectivity index (χ0) is 17.6. The Hall–Kier alpha value is -0.620. The van der Waals surface area contributed by atoms with E-state index in [-0.39, 0.29) is 5.75 Å². The first kappa shape index (κ1) is 22.4. The lowest BCUT2D eigenvalue weighted by atomic mass is 10.1. The Morgan fingerprint density at radius 1 is 0.826 bits per heavy atom. The molecule has 0 saturated heterocycles. The normalized spacial score (nSPS) is 12.0. The first-order chi connectivity index (χ1) is 10.9. The Bertz CT molecular complexity index is 395. The summed E-state index contributed by atoms with van der Waals surface area (Å²) in [7, 11) is -2.09. The Morgan fingerprint density at radius 2 is 1.22 bits per heavy atom. The van der Waals surface area contributed by atoms with Gasteiger partial charge in [0.2, 0.25) is 10.0 Å². The predicted molar refractivity (Wildman–Crippen MR) is 95.1 cm³/mol. The number of unbranched alkanes of at least 4 members (excludes halogenated alkanes) is 11. The van der Waals surface area contributed by atoms with Gasteiger partial charge in [0.05, 0.1) is 5.75 Å². The number of likely N-dealkylation sites (N-methyl/N-ethyl adjacent to an activating group) is 1. The second-order valence-corrected chi connectivity index (χ2v) is 8.55. The van der Waals surface area contributed by atoms with Crippen molar-refractivity contribution in [3.63, 3.8) is 0 Å². The van der Waals surface area contributed by atoms with E-state index in [1.807, 2.05) is 0 Å². The summed E-state index contributed by atoms with van der Waals surface area (Å²) in [5.41, 5.74) is 0. The molecular formula is C17H35NO4S. The third-order valence-electron chi connectivity index (χ3n) is 4.09. The van der Waals surface area contributed by atoms with Gasteiger partial charge in [0, 0.05) is 7.05 Å². The molecule has 138 valence electrons. The quantitative estimate of drug-likeness (QED) is 0.427. The molecule has 6 heteroatoms. The Balaban J connectivity index is 3.47. The van der Waals surface area contributed by atoms with Crippen molar-refractivity contribution >= 4 is 16.0 Å².